The van der Waals surface area contributed by atoms with Gasteiger partial charge in [0.2, 0.25) is 0 Å². The third-order valence-corrected chi connectivity index (χ3v) is 1.57. The molecule has 0 aliphatic heterocycles. The summed E-state index contributed by atoms with van der Waals surface area (Å²) in [6.45, 7) is -0.441. The van der Waals surface area contributed by atoms with Crippen LogP contribution in [-0.2, 0) is 0 Å². The summed E-state index contributed by atoms with van der Waals surface area (Å²) in [4.78, 5) is 10.4. The molecule has 3 nitrogen and oxygen atoms in total. The smallest absolute Gasteiger partial charge is 0.341 e. The lowest BCUT2D eigenvalue weighted by Crippen LogP contribution is -2.05. The van der Waals surface area contributed by atoms with Crippen LogP contribution < -0.4 is 0 Å². The molecule has 0 aliphatic carbocycles. The van der Waals surface area contributed by atoms with E-state index in [9.17, 15) is 13.6 Å². The molecule has 1 aromatic rings. The SMILES string of the molecule is O=C(O)c1c(F)cc(C#CCO)cc1F. The van der Waals surface area contributed by atoms with E-state index in [0.29, 0.717) is 0 Å². The topological polar surface area (TPSA) is 57.5 Å². The van der Waals surface area contributed by atoms with Gasteiger partial charge in [-0.2, -0.15) is 0 Å². The second kappa shape index (κ2) is 4.53. The number of halogens is 2. The lowest BCUT2D eigenvalue weighted by Gasteiger charge is -1.99. The molecule has 1 rings (SSSR count). The normalized spacial score (nSPS) is 9.27. The van der Waals surface area contributed by atoms with E-state index >= 15 is 0 Å². The molecule has 0 spiro atoms. The van der Waals surface area contributed by atoms with E-state index in [1.807, 2.05) is 0 Å². The molecule has 0 amide bonds. The van der Waals surface area contributed by atoms with Crippen molar-refractivity contribution in [2.75, 3.05) is 6.61 Å². The van der Waals surface area contributed by atoms with Gasteiger partial charge in [-0.3, -0.25) is 0 Å². The Morgan fingerprint density at radius 3 is 2.27 bits per heavy atom. The standard InChI is InChI=1S/C10H6F2O3/c11-7-4-6(2-1-3-13)5-8(12)9(7)10(14)15/h4-5,13H,3H2,(H,14,15). The van der Waals surface area contributed by atoms with Crippen LogP contribution in [0.2, 0.25) is 0 Å². The van der Waals surface area contributed by atoms with Crippen molar-refractivity contribution >= 4 is 5.97 Å². The van der Waals surface area contributed by atoms with Crippen LogP contribution in [0, 0.1) is 23.5 Å². The first-order valence-electron chi connectivity index (χ1n) is 3.88. The lowest BCUT2D eigenvalue weighted by atomic mass is 10.1. The summed E-state index contributed by atoms with van der Waals surface area (Å²) < 4.78 is 26.1. The highest BCUT2D eigenvalue weighted by molar-refractivity contribution is 5.88. The highest BCUT2D eigenvalue weighted by atomic mass is 19.1. The second-order valence-electron chi connectivity index (χ2n) is 2.58. The number of carboxylic acid groups (broad SMARTS) is 1. The quantitative estimate of drug-likeness (QED) is 0.683. The monoisotopic (exact) mass is 212 g/mol. The molecule has 0 aromatic heterocycles. The highest BCUT2D eigenvalue weighted by Gasteiger charge is 2.16. The minimum Gasteiger partial charge on any atom is -0.477 e. The zero-order chi connectivity index (χ0) is 11.4. The third kappa shape index (κ3) is 2.51. The molecule has 0 aliphatic rings. The first-order valence-corrected chi connectivity index (χ1v) is 3.88. The number of aromatic carboxylic acids is 1. The van der Waals surface area contributed by atoms with Crippen LogP contribution in [0.3, 0.4) is 0 Å². The van der Waals surface area contributed by atoms with Crippen molar-refractivity contribution in [1.29, 1.82) is 0 Å². The van der Waals surface area contributed by atoms with Crippen LogP contribution in [0.1, 0.15) is 15.9 Å². The van der Waals surface area contributed by atoms with Gasteiger partial charge in [-0.05, 0) is 12.1 Å². The fourth-order valence-electron chi connectivity index (χ4n) is 0.991. The Labute approximate surface area is 84.0 Å². The van der Waals surface area contributed by atoms with Gasteiger partial charge in [-0.1, -0.05) is 11.8 Å². The van der Waals surface area contributed by atoms with Gasteiger partial charge in [0.25, 0.3) is 0 Å². The summed E-state index contributed by atoms with van der Waals surface area (Å²) in [6.07, 6.45) is 0. The summed E-state index contributed by atoms with van der Waals surface area (Å²) >= 11 is 0. The van der Waals surface area contributed by atoms with Crippen molar-refractivity contribution in [3.05, 3.63) is 34.9 Å². The first kappa shape index (κ1) is 11.1. The van der Waals surface area contributed by atoms with Gasteiger partial charge in [0.15, 0.2) is 0 Å². The Hall–Kier alpha value is -1.93. The molecular formula is C10H6F2O3. The van der Waals surface area contributed by atoms with Crippen LogP contribution in [-0.4, -0.2) is 22.8 Å². The summed E-state index contributed by atoms with van der Waals surface area (Å²) in [7, 11) is 0. The Balaban J connectivity index is 3.25. The summed E-state index contributed by atoms with van der Waals surface area (Å²) in [5.41, 5.74) is -1.03. The average molecular weight is 212 g/mol. The lowest BCUT2D eigenvalue weighted by molar-refractivity contribution is 0.0686. The molecule has 2 N–H and O–H groups in total. The van der Waals surface area contributed by atoms with Gasteiger partial charge in [0, 0.05) is 5.56 Å². The second-order valence-corrected chi connectivity index (χ2v) is 2.58. The van der Waals surface area contributed by atoms with Gasteiger partial charge < -0.3 is 10.2 Å². The van der Waals surface area contributed by atoms with E-state index in [4.69, 9.17) is 10.2 Å². The van der Waals surface area contributed by atoms with Crippen LogP contribution in [0.25, 0.3) is 0 Å². The molecule has 0 saturated heterocycles. The number of carbonyl (C=O) groups is 1. The van der Waals surface area contributed by atoms with Crippen LogP contribution in [0.5, 0.6) is 0 Å². The summed E-state index contributed by atoms with van der Waals surface area (Å²) in [5.74, 6) is 0.407. The van der Waals surface area contributed by atoms with E-state index in [0.717, 1.165) is 12.1 Å². The molecule has 15 heavy (non-hydrogen) atoms. The molecule has 5 heteroatoms. The molecule has 78 valence electrons. The number of rotatable bonds is 1. The number of aliphatic hydroxyl groups excluding tert-OH is 1. The fraction of sp³-hybridized carbons (Fsp3) is 0.100. The Morgan fingerprint density at radius 1 is 1.33 bits per heavy atom. The van der Waals surface area contributed by atoms with E-state index in [2.05, 4.69) is 11.8 Å². The molecule has 0 bridgehead atoms. The molecule has 0 atom stereocenters. The predicted octanol–water partition coefficient (Wildman–Crippen LogP) is 1.01. The molecule has 0 unspecified atom stereocenters. The third-order valence-electron chi connectivity index (χ3n) is 1.57. The molecule has 0 heterocycles. The van der Waals surface area contributed by atoms with Crippen LogP contribution >= 0.6 is 0 Å². The van der Waals surface area contributed by atoms with Crippen molar-refractivity contribution in [2.24, 2.45) is 0 Å². The minimum atomic E-state index is -1.67. The van der Waals surface area contributed by atoms with Crippen molar-refractivity contribution in [3.63, 3.8) is 0 Å². The van der Waals surface area contributed by atoms with E-state index in [1.165, 1.54) is 0 Å². The van der Waals surface area contributed by atoms with Gasteiger partial charge in [0.05, 0.1) is 0 Å². The molecule has 0 radical (unpaired) electrons. The zero-order valence-corrected chi connectivity index (χ0v) is 7.42. The number of benzene rings is 1. The van der Waals surface area contributed by atoms with Gasteiger partial charge in [0.1, 0.15) is 23.8 Å². The van der Waals surface area contributed by atoms with Gasteiger partial charge in [-0.25, -0.2) is 13.6 Å². The maximum absolute atomic E-state index is 13.0. The first-order chi connectivity index (χ1) is 7.06. The number of carboxylic acids is 1. The molecule has 0 fully saturated rings. The molecular weight excluding hydrogens is 206 g/mol. The zero-order valence-electron chi connectivity index (χ0n) is 7.42. The van der Waals surface area contributed by atoms with E-state index in [-0.39, 0.29) is 5.56 Å². The summed E-state index contributed by atoms with van der Waals surface area (Å²) in [5, 5.41) is 16.8. The number of hydrogen-bond acceptors (Lipinski definition) is 2. The van der Waals surface area contributed by atoms with Gasteiger partial charge in [-0.15, -0.1) is 0 Å². The highest BCUT2D eigenvalue weighted by Crippen LogP contribution is 2.14. The van der Waals surface area contributed by atoms with Crippen molar-refractivity contribution < 1.29 is 23.8 Å². The van der Waals surface area contributed by atoms with Crippen molar-refractivity contribution in [3.8, 4) is 11.8 Å². The largest absolute Gasteiger partial charge is 0.477 e. The maximum atomic E-state index is 13.0. The van der Waals surface area contributed by atoms with E-state index in [1.54, 1.807) is 0 Å². The van der Waals surface area contributed by atoms with Crippen molar-refractivity contribution in [2.45, 2.75) is 0 Å². The van der Waals surface area contributed by atoms with Crippen LogP contribution in [0.4, 0.5) is 8.78 Å². The molecule has 0 saturated carbocycles. The average Bonchev–Trinajstić information content (AvgIpc) is 2.12. The predicted molar refractivity (Wildman–Crippen MR) is 47.3 cm³/mol. The Morgan fingerprint density at radius 2 is 1.87 bits per heavy atom. The minimum absolute atomic E-state index is 0.0240. The van der Waals surface area contributed by atoms with Crippen LogP contribution in [0.15, 0.2) is 12.1 Å². The Kier molecular flexibility index (Phi) is 3.37. The van der Waals surface area contributed by atoms with E-state index < -0.39 is 29.8 Å². The fourth-order valence-corrected chi connectivity index (χ4v) is 0.991. The Bertz CT molecular complexity index is 434. The molecule has 1 aromatic carbocycles. The van der Waals surface area contributed by atoms with Crippen molar-refractivity contribution in [1.82, 2.24) is 0 Å². The summed E-state index contributed by atoms with van der Waals surface area (Å²) in [6, 6.07) is 1.60. The maximum Gasteiger partial charge on any atom is 0.341 e. The van der Waals surface area contributed by atoms with Gasteiger partial charge >= 0.3 is 5.97 Å². The number of aliphatic hydroxyl groups is 1. The number of hydrogen-bond donors (Lipinski definition) is 2.